The molecule has 1 aliphatic carbocycles. The summed E-state index contributed by atoms with van der Waals surface area (Å²) in [5.41, 5.74) is 7.77. The highest BCUT2D eigenvalue weighted by atomic mass is 15.2. The summed E-state index contributed by atoms with van der Waals surface area (Å²) in [7, 11) is 0. The fraction of sp³-hybridized carbons (Fsp3) is 1.00. The fourth-order valence-electron chi connectivity index (χ4n) is 0.221. The van der Waals surface area contributed by atoms with Crippen molar-refractivity contribution in [1.29, 1.82) is 0 Å². The molecule has 0 aromatic rings. The van der Waals surface area contributed by atoms with Gasteiger partial charge in [0.25, 0.3) is 0 Å². The minimum Gasteiger partial charge on any atom is -0.0906 e. The van der Waals surface area contributed by atoms with Crippen molar-refractivity contribution < 1.29 is 1.37 Å². The predicted octanol–water partition coefficient (Wildman–Crippen LogP) is 1.46. The van der Waals surface area contributed by atoms with Crippen LogP contribution < -0.4 is 0 Å². The van der Waals surface area contributed by atoms with E-state index in [4.69, 9.17) is 6.90 Å². The van der Waals surface area contributed by atoms with Gasteiger partial charge in [-0.3, -0.25) is 0 Å². The van der Waals surface area contributed by atoms with E-state index >= 15 is 0 Å². The highest BCUT2D eigenvalue weighted by Crippen LogP contribution is 2.22. The zero-order chi connectivity index (χ0) is 5.28. The number of hydrogen-bond donors (Lipinski definition) is 0. The number of azide groups is 1. The van der Waals surface area contributed by atoms with Crippen LogP contribution in [0.4, 0.5) is 0 Å². The topological polar surface area (TPSA) is 48.8 Å². The summed E-state index contributed by atoms with van der Waals surface area (Å²) >= 11 is 0. The second-order valence-electron chi connectivity index (χ2n) is 1.24. The summed E-state index contributed by atoms with van der Waals surface area (Å²) in [5, 5.41) is 3.31. The normalized spacial score (nSPS) is 43.0. The molecule has 3 nitrogen and oxygen atoms in total. The van der Waals surface area contributed by atoms with Crippen molar-refractivity contribution in [2.24, 2.45) is 5.11 Å². The van der Waals surface area contributed by atoms with E-state index < -0.39 is 0 Å². The molecule has 0 unspecified atom stereocenters. The third-order valence-electron chi connectivity index (χ3n) is 0.646. The molecule has 0 spiro atoms. The second-order valence-corrected chi connectivity index (χ2v) is 1.24. The van der Waals surface area contributed by atoms with Crippen LogP contribution in [-0.2, 0) is 0 Å². The quantitative estimate of drug-likeness (QED) is 0.262. The van der Waals surface area contributed by atoms with Gasteiger partial charge >= 0.3 is 0 Å². The Labute approximate surface area is 37.0 Å². The number of rotatable bonds is 1. The third-order valence-corrected chi connectivity index (χ3v) is 0.646. The summed E-state index contributed by atoms with van der Waals surface area (Å²) in [6.45, 7) is 0. The Kier molecular flexibility index (Phi) is 0.490. The summed E-state index contributed by atoms with van der Waals surface area (Å²) in [6.07, 6.45) is 0.653. The van der Waals surface area contributed by atoms with Crippen LogP contribution >= 0.6 is 0 Å². The molecule has 0 heterocycles. The van der Waals surface area contributed by atoms with Crippen LogP contribution in [0, 0.1) is 0 Å². The van der Waals surface area contributed by atoms with Crippen LogP contribution in [0.3, 0.4) is 0 Å². The van der Waals surface area contributed by atoms with Crippen LogP contribution in [0.15, 0.2) is 5.11 Å². The van der Waals surface area contributed by atoms with Crippen molar-refractivity contribution in [3.8, 4) is 0 Å². The molecule has 6 heavy (non-hydrogen) atoms. The molecule has 0 aromatic heterocycles. The summed E-state index contributed by atoms with van der Waals surface area (Å²) in [4.78, 5) is 2.55. The Bertz CT molecular complexity index is 117. The van der Waals surface area contributed by atoms with E-state index in [0.717, 1.165) is 6.42 Å². The SMILES string of the molecule is [2H][C@H]1C[C@H]1N=[N+]=[N-]. The standard InChI is InChI=1S/C3H5N3/c4-6-5-3-1-2-3/h3H,1-2H2/i1D/t1-,3-/m0/s1. The van der Waals surface area contributed by atoms with Crippen molar-refractivity contribution in [2.75, 3.05) is 0 Å². The van der Waals surface area contributed by atoms with Crippen molar-refractivity contribution in [1.82, 2.24) is 0 Å². The molecule has 0 aromatic carbocycles. The number of nitrogens with zero attached hydrogens (tertiary/aromatic N) is 3. The average Bonchev–Trinajstić information content (AvgIpc) is 2.22. The average molecular weight is 84.1 g/mol. The van der Waals surface area contributed by atoms with Gasteiger partial charge in [0.2, 0.25) is 0 Å². The van der Waals surface area contributed by atoms with E-state index in [1.165, 1.54) is 0 Å². The maximum Gasteiger partial charge on any atom is 0.0374 e. The van der Waals surface area contributed by atoms with Crippen LogP contribution in [0.1, 0.15) is 14.2 Å². The van der Waals surface area contributed by atoms with Crippen LogP contribution in [-0.4, -0.2) is 6.04 Å². The van der Waals surface area contributed by atoms with Gasteiger partial charge in [-0.15, -0.1) is 0 Å². The van der Waals surface area contributed by atoms with Gasteiger partial charge in [0.1, 0.15) is 0 Å². The molecule has 0 saturated heterocycles. The maximum absolute atomic E-state index is 7.77. The minimum absolute atomic E-state index is 0.00926. The monoisotopic (exact) mass is 84.1 g/mol. The lowest BCUT2D eigenvalue weighted by molar-refractivity contribution is 1.05. The first kappa shape index (κ1) is 2.48. The van der Waals surface area contributed by atoms with Crippen molar-refractivity contribution in [3.05, 3.63) is 10.4 Å². The highest BCUT2D eigenvalue weighted by molar-refractivity contribution is 4.80. The maximum atomic E-state index is 7.77. The van der Waals surface area contributed by atoms with Crippen molar-refractivity contribution >= 4 is 0 Å². The van der Waals surface area contributed by atoms with E-state index in [1.807, 2.05) is 0 Å². The van der Waals surface area contributed by atoms with Gasteiger partial charge in [-0.1, -0.05) is 5.11 Å². The van der Waals surface area contributed by atoms with Crippen molar-refractivity contribution in [2.45, 2.75) is 18.9 Å². The van der Waals surface area contributed by atoms with Crippen molar-refractivity contribution in [3.63, 3.8) is 0 Å². The zero-order valence-electron chi connectivity index (χ0n) is 4.20. The summed E-state index contributed by atoms with van der Waals surface area (Å²) < 4.78 is 6.89. The first-order valence-corrected chi connectivity index (χ1v) is 1.81. The largest absolute Gasteiger partial charge is 0.0906 e. The first-order chi connectivity index (χ1) is 3.34. The van der Waals surface area contributed by atoms with Gasteiger partial charge in [-0.25, -0.2) is 0 Å². The lowest BCUT2D eigenvalue weighted by atomic mass is 10.8. The first-order valence-electron chi connectivity index (χ1n) is 2.39. The van der Waals surface area contributed by atoms with Gasteiger partial charge in [0.05, 0.1) is 0 Å². The van der Waals surface area contributed by atoms with Gasteiger partial charge < -0.3 is 0 Å². The Morgan fingerprint density at radius 1 is 2.17 bits per heavy atom. The molecule has 0 N–H and O–H groups in total. The highest BCUT2D eigenvalue weighted by Gasteiger charge is 2.18. The second kappa shape index (κ2) is 1.19. The number of hydrogen-bond acceptors (Lipinski definition) is 1. The van der Waals surface area contributed by atoms with Gasteiger partial charge in [-0.2, -0.15) is 0 Å². The lowest BCUT2D eigenvalue weighted by Gasteiger charge is -1.61. The summed E-state index contributed by atoms with van der Waals surface area (Å²) in [5.74, 6) is 0. The molecule has 32 valence electrons. The molecule has 0 radical (unpaired) electrons. The van der Waals surface area contributed by atoms with Gasteiger partial charge in [-0.05, 0) is 18.3 Å². The Balaban J connectivity index is 2.34. The van der Waals surface area contributed by atoms with E-state index in [9.17, 15) is 0 Å². The molecule has 1 saturated carbocycles. The molecule has 1 fully saturated rings. The molecule has 0 bridgehead atoms. The molecule has 3 heteroatoms. The third kappa shape index (κ3) is 0.626. The van der Waals surface area contributed by atoms with E-state index in [2.05, 4.69) is 10.0 Å². The zero-order valence-corrected chi connectivity index (χ0v) is 3.20. The molecular weight excluding hydrogens is 78.1 g/mol. The lowest BCUT2D eigenvalue weighted by Crippen LogP contribution is -1.61. The molecule has 1 aliphatic rings. The van der Waals surface area contributed by atoms with E-state index in [0.29, 0.717) is 0 Å². The summed E-state index contributed by atoms with van der Waals surface area (Å²) in [6, 6.07) is -0.00926. The van der Waals surface area contributed by atoms with E-state index in [-0.39, 0.29) is 12.4 Å². The minimum atomic E-state index is -0.101. The molecule has 0 amide bonds. The van der Waals surface area contributed by atoms with Crippen LogP contribution in [0.5, 0.6) is 0 Å². The van der Waals surface area contributed by atoms with Gasteiger partial charge in [0.15, 0.2) is 0 Å². The fourth-order valence-corrected chi connectivity index (χ4v) is 0.221. The molecule has 2 atom stereocenters. The van der Waals surface area contributed by atoms with Crippen LogP contribution in [0.2, 0.25) is 0 Å². The van der Waals surface area contributed by atoms with Crippen LogP contribution in [0.25, 0.3) is 10.4 Å². The predicted molar refractivity (Wildman–Crippen MR) is 22.2 cm³/mol. The molecule has 1 rings (SSSR count). The Morgan fingerprint density at radius 3 is 3.00 bits per heavy atom. The van der Waals surface area contributed by atoms with E-state index in [1.54, 1.807) is 0 Å². The van der Waals surface area contributed by atoms with Gasteiger partial charge in [0, 0.05) is 12.3 Å². The Morgan fingerprint density at radius 2 is 2.83 bits per heavy atom. The molecular formula is C3H5N3. The smallest absolute Gasteiger partial charge is 0.0374 e. The molecule has 0 aliphatic heterocycles. The Hall–Kier alpha value is -0.690.